The molecule has 32 heavy (non-hydrogen) atoms. The zero-order valence-corrected chi connectivity index (χ0v) is 20.8. The molecule has 2 amide bonds. The zero-order valence-electron chi connectivity index (χ0n) is 20.8. The van der Waals surface area contributed by atoms with Gasteiger partial charge in [-0.25, -0.2) is 9.59 Å². The summed E-state index contributed by atoms with van der Waals surface area (Å²) in [4.78, 5) is 39.8. The Hall–Kier alpha value is -2.57. The average molecular weight is 449 g/mol. The Morgan fingerprint density at radius 2 is 1.59 bits per heavy atom. The van der Waals surface area contributed by atoms with E-state index >= 15 is 0 Å². The Morgan fingerprint density at radius 3 is 2.03 bits per heavy atom. The Balaban J connectivity index is 3.32. The normalized spacial score (nSPS) is 13.9. The van der Waals surface area contributed by atoms with E-state index in [0.29, 0.717) is 6.42 Å². The molecule has 0 aliphatic carbocycles. The molecule has 0 aliphatic heterocycles. The van der Waals surface area contributed by atoms with Crippen LogP contribution < -0.4 is 5.32 Å². The van der Waals surface area contributed by atoms with Gasteiger partial charge >= 0.3 is 12.1 Å². The molecule has 0 radical (unpaired) electrons. The fraction of sp³-hybridized carbons (Fsp3) is 0.640. The number of hydrogen-bond donors (Lipinski definition) is 2. The van der Waals surface area contributed by atoms with Crippen LogP contribution in [0, 0.1) is 11.3 Å². The van der Waals surface area contributed by atoms with Crippen LogP contribution in [0.15, 0.2) is 30.3 Å². The molecular weight excluding hydrogens is 408 g/mol. The Labute approximate surface area is 192 Å². The number of amides is 2. The molecule has 1 aromatic rings. The average Bonchev–Trinajstić information content (AvgIpc) is 2.61. The molecule has 7 heteroatoms. The zero-order chi connectivity index (χ0) is 24.7. The van der Waals surface area contributed by atoms with E-state index in [9.17, 15) is 19.5 Å². The number of benzene rings is 1. The van der Waals surface area contributed by atoms with Gasteiger partial charge in [0.2, 0.25) is 5.91 Å². The summed E-state index contributed by atoms with van der Waals surface area (Å²) in [5.74, 6) is -1.39. The first-order valence-corrected chi connectivity index (χ1v) is 11.2. The number of rotatable bonds is 9. The second-order valence-electron chi connectivity index (χ2n) is 10.9. The molecule has 0 spiro atoms. The Bertz CT molecular complexity index is 763. The number of nitrogens with zero attached hydrogens (tertiary/aromatic N) is 1. The summed E-state index contributed by atoms with van der Waals surface area (Å²) in [5.41, 5.74) is -0.207. The molecule has 2 atom stereocenters. The lowest BCUT2D eigenvalue weighted by Crippen LogP contribution is -2.55. The number of aliphatic carboxylic acids is 1. The molecule has 2 N–H and O–H groups in total. The van der Waals surface area contributed by atoms with E-state index in [-0.39, 0.29) is 24.3 Å². The highest BCUT2D eigenvalue weighted by atomic mass is 16.6. The number of hydrogen-bond acceptors (Lipinski definition) is 4. The molecule has 0 aromatic heterocycles. The predicted octanol–water partition coefficient (Wildman–Crippen LogP) is 4.84. The van der Waals surface area contributed by atoms with Crippen LogP contribution in [0.3, 0.4) is 0 Å². The van der Waals surface area contributed by atoms with Gasteiger partial charge in [0.1, 0.15) is 17.7 Å². The van der Waals surface area contributed by atoms with Crippen LogP contribution in [0.5, 0.6) is 0 Å². The van der Waals surface area contributed by atoms with E-state index in [4.69, 9.17) is 4.74 Å². The van der Waals surface area contributed by atoms with Crippen molar-refractivity contribution in [3.8, 4) is 0 Å². The molecule has 0 aliphatic rings. The van der Waals surface area contributed by atoms with Crippen LogP contribution in [0.1, 0.15) is 73.8 Å². The number of carbonyl (C=O) groups is 3. The second kappa shape index (κ2) is 11.3. The first kappa shape index (κ1) is 27.5. The highest BCUT2D eigenvalue weighted by Crippen LogP contribution is 2.26. The number of carboxylic acid groups (broad SMARTS) is 1. The van der Waals surface area contributed by atoms with Crippen LogP contribution in [-0.4, -0.2) is 45.7 Å². The largest absolute Gasteiger partial charge is 0.480 e. The van der Waals surface area contributed by atoms with Crippen molar-refractivity contribution in [2.75, 3.05) is 0 Å². The number of carbonyl (C=O) groups excluding carboxylic acids is 2. The van der Waals surface area contributed by atoms with Gasteiger partial charge in [-0.05, 0) is 50.5 Å². The van der Waals surface area contributed by atoms with Crippen LogP contribution >= 0.6 is 0 Å². The fourth-order valence-corrected chi connectivity index (χ4v) is 3.38. The van der Waals surface area contributed by atoms with Gasteiger partial charge in [-0.3, -0.25) is 4.79 Å². The van der Waals surface area contributed by atoms with Gasteiger partial charge < -0.3 is 20.1 Å². The van der Waals surface area contributed by atoms with E-state index in [2.05, 4.69) is 5.32 Å². The second-order valence-corrected chi connectivity index (χ2v) is 10.9. The van der Waals surface area contributed by atoms with Crippen LogP contribution in [-0.2, 0) is 20.9 Å². The van der Waals surface area contributed by atoms with Gasteiger partial charge in [0.25, 0.3) is 0 Å². The van der Waals surface area contributed by atoms with Crippen molar-refractivity contribution in [3.63, 3.8) is 0 Å². The molecule has 0 heterocycles. The summed E-state index contributed by atoms with van der Waals surface area (Å²) in [5, 5.41) is 12.7. The third-order valence-corrected chi connectivity index (χ3v) is 4.64. The van der Waals surface area contributed by atoms with Crippen LogP contribution in [0.25, 0.3) is 0 Å². The number of carboxylic acids is 1. The van der Waals surface area contributed by atoms with Gasteiger partial charge in [-0.2, -0.15) is 0 Å². The standard InChI is InChI=1S/C25H40N2O5/c1-17(2)14-19(26-23(31)32-25(6,7)8)21(28)27(16-18-12-10-9-11-13-18)20(22(29)30)15-24(3,4)5/h9-13,17,19-20H,14-16H2,1-8H3,(H,26,31)(H,29,30)/t19-,20+/m1/s1. The molecule has 1 rings (SSSR count). The highest BCUT2D eigenvalue weighted by molar-refractivity contribution is 5.89. The summed E-state index contributed by atoms with van der Waals surface area (Å²) in [7, 11) is 0. The number of ether oxygens (including phenoxy) is 1. The number of nitrogens with one attached hydrogen (secondary N) is 1. The third kappa shape index (κ3) is 10.2. The Morgan fingerprint density at radius 1 is 1.03 bits per heavy atom. The lowest BCUT2D eigenvalue weighted by molar-refractivity contribution is -0.153. The van der Waals surface area contributed by atoms with Crippen molar-refractivity contribution in [2.24, 2.45) is 11.3 Å². The first-order valence-electron chi connectivity index (χ1n) is 11.2. The van der Waals surface area contributed by atoms with E-state index in [1.807, 2.05) is 65.0 Å². The smallest absolute Gasteiger partial charge is 0.408 e. The summed E-state index contributed by atoms with van der Waals surface area (Å²) in [6.45, 7) is 15.1. The predicted molar refractivity (Wildman–Crippen MR) is 125 cm³/mol. The maximum absolute atomic E-state index is 13.7. The summed E-state index contributed by atoms with van der Waals surface area (Å²) in [6, 6.07) is 7.35. The third-order valence-electron chi connectivity index (χ3n) is 4.64. The number of alkyl carbamates (subject to hydrolysis) is 1. The molecule has 0 saturated carbocycles. The quantitative estimate of drug-likeness (QED) is 0.563. The molecule has 180 valence electrons. The SMILES string of the molecule is CC(C)C[C@@H](NC(=O)OC(C)(C)C)C(=O)N(Cc1ccccc1)[C@@H](CC(C)(C)C)C(=O)O. The Kier molecular flexibility index (Phi) is 9.73. The van der Waals surface area contributed by atoms with Gasteiger partial charge in [0, 0.05) is 6.54 Å². The van der Waals surface area contributed by atoms with E-state index < -0.39 is 35.7 Å². The maximum Gasteiger partial charge on any atom is 0.408 e. The summed E-state index contributed by atoms with van der Waals surface area (Å²) in [6.07, 6.45) is -0.0497. The van der Waals surface area contributed by atoms with Gasteiger partial charge in [-0.1, -0.05) is 65.0 Å². The van der Waals surface area contributed by atoms with Gasteiger partial charge in [0.05, 0.1) is 0 Å². The van der Waals surface area contributed by atoms with Crippen molar-refractivity contribution in [2.45, 2.75) is 92.5 Å². The molecule has 0 bridgehead atoms. The topological polar surface area (TPSA) is 95.9 Å². The monoisotopic (exact) mass is 448 g/mol. The van der Waals surface area contributed by atoms with Gasteiger partial charge in [-0.15, -0.1) is 0 Å². The maximum atomic E-state index is 13.7. The van der Waals surface area contributed by atoms with Crippen molar-refractivity contribution < 1.29 is 24.2 Å². The molecule has 7 nitrogen and oxygen atoms in total. The summed E-state index contributed by atoms with van der Waals surface area (Å²) < 4.78 is 5.35. The van der Waals surface area contributed by atoms with E-state index in [0.717, 1.165) is 5.56 Å². The minimum Gasteiger partial charge on any atom is -0.480 e. The summed E-state index contributed by atoms with van der Waals surface area (Å²) >= 11 is 0. The van der Waals surface area contributed by atoms with Crippen molar-refractivity contribution in [1.29, 1.82) is 0 Å². The van der Waals surface area contributed by atoms with Crippen molar-refractivity contribution in [1.82, 2.24) is 10.2 Å². The first-order chi connectivity index (χ1) is 14.6. The highest BCUT2D eigenvalue weighted by Gasteiger charge is 2.37. The lowest BCUT2D eigenvalue weighted by Gasteiger charge is -2.36. The van der Waals surface area contributed by atoms with Gasteiger partial charge in [0.15, 0.2) is 0 Å². The lowest BCUT2D eigenvalue weighted by atomic mass is 9.87. The molecule has 0 saturated heterocycles. The molecular formula is C25H40N2O5. The minimum atomic E-state index is -1.07. The van der Waals surface area contributed by atoms with Crippen LogP contribution in [0.4, 0.5) is 4.79 Å². The molecule has 0 fully saturated rings. The molecule has 0 unspecified atom stereocenters. The van der Waals surface area contributed by atoms with E-state index in [1.54, 1.807) is 20.8 Å². The van der Waals surface area contributed by atoms with Crippen molar-refractivity contribution >= 4 is 18.0 Å². The van der Waals surface area contributed by atoms with Crippen LogP contribution in [0.2, 0.25) is 0 Å². The fourth-order valence-electron chi connectivity index (χ4n) is 3.38. The molecule has 1 aromatic carbocycles. The van der Waals surface area contributed by atoms with E-state index in [1.165, 1.54) is 4.90 Å². The van der Waals surface area contributed by atoms with Crippen molar-refractivity contribution in [3.05, 3.63) is 35.9 Å². The minimum absolute atomic E-state index is 0.100.